The molecule has 30 heavy (non-hydrogen) atoms. The zero-order valence-electron chi connectivity index (χ0n) is 16.3. The molecule has 0 aromatic heterocycles. The van der Waals surface area contributed by atoms with Gasteiger partial charge in [-0.1, -0.05) is 54.6 Å². The van der Waals surface area contributed by atoms with E-state index in [-0.39, 0.29) is 19.0 Å². The fraction of sp³-hybridized carbons (Fsp3) is 0.167. The van der Waals surface area contributed by atoms with Gasteiger partial charge in [0, 0.05) is 12.1 Å². The Labute approximate surface area is 174 Å². The van der Waals surface area contributed by atoms with Crippen molar-refractivity contribution in [2.45, 2.75) is 13.0 Å². The van der Waals surface area contributed by atoms with Crippen LogP contribution in [-0.2, 0) is 22.6 Å². The minimum atomic E-state index is -0.605. The molecule has 0 unspecified atom stereocenters. The Bertz CT molecular complexity index is 991. The average Bonchev–Trinajstić information content (AvgIpc) is 2.78. The Morgan fingerprint density at radius 1 is 0.833 bits per heavy atom. The van der Waals surface area contributed by atoms with E-state index in [4.69, 9.17) is 9.47 Å². The van der Waals surface area contributed by atoms with Gasteiger partial charge in [-0.05, 0) is 36.2 Å². The van der Waals surface area contributed by atoms with E-state index < -0.39 is 18.5 Å². The van der Waals surface area contributed by atoms with Crippen LogP contribution in [0, 0.1) is 5.82 Å². The first-order chi connectivity index (χ1) is 14.6. The second kappa shape index (κ2) is 10.8. The third kappa shape index (κ3) is 6.17. The van der Waals surface area contributed by atoms with Gasteiger partial charge in [-0.2, -0.15) is 0 Å². The monoisotopic (exact) mass is 407 g/mol. The molecule has 154 valence electrons. The van der Waals surface area contributed by atoms with Gasteiger partial charge in [0.2, 0.25) is 0 Å². The van der Waals surface area contributed by atoms with Crippen LogP contribution in [0.4, 0.5) is 4.39 Å². The quantitative estimate of drug-likeness (QED) is 0.546. The first-order valence-electron chi connectivity index (χ1n) is 9.56. The molecule has 3 rings (SSSR count). The van der Waals surface area contributed by atoms with Crippen molar-refractivity contribution in [2.24, 2.45) is 0 Å². The molecule has 6 heteroatoms. The van der Waals surface area contributed by atoms with Gasteiger partial charge in [-0.15, -0.1) is 0 Å². The first kappa shape index (κ1) is 21.0. The van der Waals surface area contributed by atoms with Crippen molar-refractivity contribution < 1.29 is 23.5 Å². The third-order valence-electron chi connectivity index (χ3n) is 4.38. The van der Waals surface area contributed by atoms with Crippen LogP contribution >= 0.6 is 0 Å². The van der Waals surface area contributed by atoms with Crippen LogP contribution in [-0.4, -0.2) is 25.0 Å². The lowest BCUT2D eigenvalue weighted by molar-refractivity contribution is -0.124. The molecular weight excluding hydrogens is 385 g/mol. The molecule has 0 heterocycles. The highest BCUT2D eigenvalue weighted by Gasteiger charge is 2.14. The van der Waals surface area contributed by atoms with Gasteiger partial charge < -0.3 is 14.8 Å². The molecular formula is C24H22FNO4. The summed E-state index contributed by atoms with van der Waals surface area (Å²) in [5.41, 5.74) is 1.51. The summed E-state index contributed by atoms with van der Waals surface area (Å²) in [4.78, 5) is 24.4. The number of halogens is 1. The third-order valence-corrected chi connectivity index (χ3v) is 4.38. The number of hydrogen-bond acceptors (Lipinski definition) is 4. The lowest BCUT2D eigenvalue weighted by Gasteiger charge is -2.11. The zero-order chi connectivity index (χ0) is 21.2. The van der Waals surface area contributed by atoms with Crippen LogP contribution < -0.4 is 10.1 Å². The van der Waals surface area contributed by atoms with Crippen LogP contribution in [0.2, 0.25) is 0 Å². The Morgan fingerprint density at radius 2 is 1.50 bits per heavy atom. The van der Waals surface area contributed by atoms with Crippen molar-refractivity contribution in [3.05, 3.63) is 101 Å². The molecule has 0 spiro atoms. The van der Waals surface area contributed by atoms with E-state index in [0.29, 0.717) is 28.9 Å². The smallest absolute Gasteiger partial charge is 0.339 e. The Balaban J connectivity index is 1.47. The number of para-hydroxylation sites is 1. The van der Waals surface area contributed by atoms with E-state index in [1.54, 1.807) is 42.5 Å². The van der Waals surface area contributed by atoms with Gasteiger partial charge in [0.15, 0.2) is 6.61 Å². The zero-order valence-corrected chi connectivity index (χ0v) is 16.3. The highest BCUT2D eigenvalue weighted by Crippen LogP contribution is 2.15. The summed E-state index contributed by atoms with van der Waals surface area (Å²) in [6.07, 6.45) is 0.353. The molecule has 1 amide bonds. The van der Waals surface area contributed by atoms with Crippen molar-refractivity contribution in [2.75, 3.05) is 13.2 Å². The van der Waals surface area contributed by atoms with Crippen molar-refractivity contribution in [3.63, 3.8) is 0 Å². The standard InChI is InChI=1S/C24H22FNO4/c25-22-13-7-5-8-18(22)14-15-26-23(27)17-30-24(28)21-12-6-4-9-19(21)16-29-20-10-2-1-3-11-20/h1-13H,14-17H2,(H,26,27). The molecule has 0 aliphatic rings. The van der Waals surface area contributed by atoms with Crippen molar-refractivity contribution >= 4 is 11.9 Å². The van der Waals surface area contributed by atoms with Gasteiger partial charge in [-0.25, -0.2) is 9.18 Å². The lowest BCUT2D eigenvalue weighted by atomic mass is 10.1. The number of nitrogens with one attached hydrogen (secondary N) is 1. The number of rotatable bonds is 9. The van der Waals surface area contributed by atoms with Crippen LogP contribution in [0.25, 0.3) is 0 Å². The fourth-order valence-corrected chi connectivity index (χ4v) is 2.82. The predicted molar refractivity (Wildman–Crippen MR) is 111 cm³/mol. The number of ether oxygens (including phenoxy) is 2. The summed E-state index contributed by atoms with van der Waals surface area (Å²) in [5.74, 6) is -0.674. The molecule has 0 aliphatic heterocycles. The van der Waals surface area contributed by atoms with E-state index >= 15 is 0 Å². The van der Waals surface area contributed by atoms with Crippen molar-refractivity contribution in [1.82, 2.24) is 5.32 Å². The Morgan fingerprint density at radius 3 is 2.27 bits per heavy atom. The molecule has 0 saturated heterocycles. The average molecular weight is 407 g/mol. The van der Waals surface area contributed by atoms with E-state index in [1.165, 1.54) is 6.07 Å². The number of amides is 1. The highest BCUT2D eigenvalue weighted by atomic mass is 19.1. The normalized spacial score (nSPS) is 10.3. The number of carbonyl (C=O) groups is 2. The van der Waals surface area contributed by atoms with Crippen molar-refractivity contribution in [3.8, 4) is 5.75 Å². The van der Waals surface area contributed by atoms with Gasteiger partial charge in [-0.3, -0.25) is 4.79 Å². The molecule has 0 bridgehead atoms. The largest absolute Gasteiger partial charge is 0.489 e. The maximum atomic E-state index is 13.6. The molecule has 1 N–H and O–H groups in total. The van der Waals surface area contributed by atoms with Crippen molar-refractivity contribution in [1.29, 1.82) is 0 Å². The SMILES string of the molecule is O=C(COC(=O)c1ccccc1COc1ccccc1)NCCc1ccccc1F. The summed E-state index contributed by atoms with van der Waals surface area (Å²) in [6, 6.07) is 22.6. The first-order valence-corrected chi connectivity index (χ1v) is 9.56. The van der Waals surface area contributed by atoms with Gasteiger partial charge in [0.25, 0.3) is 5.91 Å². The Kier molecular flexibility index (Phi) is 7.55. The number of carbonyl (C=O) groups excluding carboxylic acids is 2. The van der Waals surface area contributed by atoms with Crippen LogP contribution in [0.5, 0.6) is 5.75 Å². The van der Waals surface area contributed by atoms with Gasteiger partial charge >= 0.3 is 5.97 Å². The van der Waals surface area contributed by atoms with Crippen LogP contribution in [0.1, 0.15) is 21.5 Å². The molecule has 3 aromatic carbocycles. The number of esters is 1. The summed E-state index contributed by atoms with van der Waals surface area (Å²) in [6.45, 7) is 0.0346. The maximum Gasteiger partial charge on any atom is 0.339 e. The van der Waals surface area contributed by atoms with Gasteiger partial charge in [0.05, 0.1) is 5.56 Å². The molecule has 3 aromatic rings. The summed E-state index contributed by atoms with van der Waals surface area (Å²) < 4.78 is 24.4. The van der Waals surface area contributed by atoms with Crippen LogP contribution in [0.15, 0.2) is 78.9 Å². The van der Waals surface area contributed by atoms with E-state index in [0.717, 1.165) is 0 Å². The topological polar surface area (TPSA) is 64.6 Å². The maximum absolute atomic E-state index is 13.6. The Hall–Kier alpha value is -3.67. The lowest BCUT2D eigenvalue weighted by Crippen LogP contribution is -2.30. The number of hydrogen-bond donors (Lipinski definition) is 1. The molecule has 0 radical (unpaired) electrons. The van der Waals surface area contributed by atoms with E-state index in [2.05, 4.69) is 5.32 Å². The summed E-state index contributed by atoms with van der Waals surface area (Å²) >= 11 is 0. The van der Waals surface area contributed by atoms with E-state index in [9.17, 15) is 14.0 Å². The molecule has 0 aliphatic carbocycles. The second-order valence-corrected chi connectivity index (χ2v) is 6.53. The summed E-state index contributed by atoms with van der Waals surface area (Å²) in [7, 11) is 0. The second-order valence-electron chi connectivity index (χ2n) is 6.53. The van der Waals surface area contributed by atoms with Crippen LogP contribution in [0.3, 0.4) is 0 Å². The predicted octanol–water partition coefficient (Wildman–Crippen LogP) is 3.92. The minimum absolute atomic E-state index is 0.199. The number of benzene rings is 3. The molecule has 0 atom stereocenters. The molecule has 0 saturated carbocycles. The summed E-state index contributed by atoms with van der Waals surface area (Å²) in [5, 5.41) is 2.62. The molecule has 0 fully saturated rings. The minimum Gasteiger partial charge on any atom is -0.489 e. The van der Waals surface area contributed by atoms with Gasteiger partial charge in [0.1, 0.15) is 18.2 Å². The molecule has 5 nitrogen and oxygen atoms in total. The highest BCUT2D eigenvalue weighted by molar-refractivity contribution is 5.92. The van der Waals surface area contributed by atoms with E-state index in [1.807, 2.05) is 30.3 Å². The fourth-order valence-electron chi connectivity index (χ4n) is 2.82.